The van der Waals surface area contributed by atoms with E-state index in [1.807, 2.05) is 18.2 Å². The monoisotopic (exact) mass is 613 g/mol. The van der Waals surface area contributed by atoms with E-state index in [4.69, 9.17) is 14.2 Å². The summed E-state index contributed by atoms with van der Waals surface area (Å²) in [7, 11) is 1.60. The van der Waals surface area contributed by atoms with Crippen molar-refractivity contribution in [2.24, 2.45) is 0 Å². The van der Waals surface area contributed by atoms with Gasteiger partial charge in [-0.3, -0.25) is 4.79 Å². The SMILES string of the molecule is C=CC(=O)N1CCC(Nc2cc3c(Nc4ccc(Oc5ccnc(N6CCCOCC6)c5)cc4F)ncnc3cc2OC)CC1. The maximum atomic E-state index is 15.4. The Balaban J connectivity index is 1.18. The van der Waals surface area contributed by atoms with Gasteiger partial charge in [0.05, 0.1) is 30.6 Å². The number of fused-ring (bicyclic) bond motifs is 1. The second kappa shape index (κ2) is 13.8. The second-order valence-electron chi connectivity index (χ2n) is 10.9. The van der Waals surface area contributed by atoms with Crippen molar-refractivity contribution < 1.29 is 23.4 Å². The molecule has 2 aromatic heterocycles. The van der Waals surface area contributed by atoms with Gasteiger partial charge in [-0.25, -0.2) is 19.3 Å². The van der Waals surface area contributed by atoms with Gasteiger partial charge in [-0.15, -0.1) is 0 Å². The van der Waals surface area contributed by atoms with E-state index >= 15 is 4.39 Å². The number of benzene rings is 2. The molecule has 0 unspecified atom stereocenters. The van der Waals surface area contributed by atoms with Crippen LogP contribution in [0.1, 0.15) is 19.3 Å². The number of nitrogens with one attached hydrogen (secondary N) is 2. The van der Waals surface area contributed by atoms with Crippen LogP contribution in [0.5, 0.6) is 17.2 Å². The van der Waals surface area contributed by atoms with Crippen molar-refractivity contribution in [2.75, 3.05) is 62.0 Å². The van der Waals surface area contributed by atoms with Crippen LogP contribution < -0.4 is 25.0 Å². The summed E-state index contributed by atoms with van der Waals surface area (Å²) >= 11 is 0. The van der Waals surface area contributed by atoms with Crippen LogP contribution in [0.25, 0.3) is 10.9 Å². The van der Waals surface area contributed by atoms with Crippen molar-refractivity contribution in [1.29, 1.82) is 0 Å². The van der Waals surface area contributed by atoms with E-state index < -0.39 is 5.82 Å². The first-order chi connectivity index (χ1) is 22.0. The lowest BCUT2D eigenvalue weighted by Crippen LogP contribution is -2.41. The number of nitrogens with zero attached hydrogens (tertiary/aromatic N) is 5. The number of ether oxygens (including phenoxy) is 3. The predicted molar refractivity (Wildman–Crippen MR) is 171 cm³/mol. The maximum Gasteiger partial charge on any atom is 0.245 e. The van der Waals surface area contributed by atoms with Gasteiger partial charge >= 0.3 is 0 Å². The Bertz CT molecular complexity index is 1670. The number of halogens is 1. The van der Waals surface area contributed by atoms with Crippen LogP contribution in [0.15, 0.2) is 67.6 Å². The number of piperidine rings is 1. The van der Waals surface area contributed by atoms with Gasteiger partial charge in [0.25, 0.3) is 0 Å². The molecule has 4 aromatic rings. The number of likely N-dealkylation sites (tertiary alicyclic amines) is 1. The lowest BCUT2D eigenvalue weighted by atomic mass is 10.0. The third kappa shape index (κ3) is 7.07. The number of anilines is 4. The van der Waals surface area contributed by atoms with E-state index in [-0.39, 0.29) is 17.6 Å². The van der Waals surface area contributed by atoms with E-state index in [1.165, 1.54) is 18.5 Å². The molecule has 4 heterocycles. The zero-order chi connectivity index (χ0) is 31.2. The molecule has 2 N–H and O–H groups in total. The van der Waals surface area contributed by atoms with E-state index in [9.17, 15) is 4.79 Å². The smallest absolute Gasteiger partial charge is 0.245 e. The highest BCUT2D eigenvalue weighted by molar-refractivity contribution is 5.95. The zero-order valence-corrected chi connectivity index (χ0v) is 25.2. The summed E-state index contributed by atoms with van der Waals surface area (Å²) < 4.78 is 32.6. The molecular formula is C33H36FN7O4. The number of hydrogen-bond donors (Lipinski definition) is 2. The maximum absolute atomic E-state index is 15.4. The number of pyridine rings is 1. The highest BCUT2D eigenvalue weighted by Gasteiger charge is 2.23. The number of carbonyl (C=O) groups is 1. The number of methoxy groups -OCH3 is 1. The quantitative estimate of drug-likeness (QED) is 0.234. The number of aromatic nitrogens is 3. The topological polar surface area (TPSA) is 114 Å². The normalized spacial score (nSPS) is 15.8. The van der Waals surface area contributed by atoms with Crippen molar-refractivity contribution in [2.45, 2.75) is 25.3 Å². The van der Waals surface area contributed by atoms with E-state index in [0.717, 1.165) is 50.5 Å². The van der Waals surface area contributed by atoms with Gasteiger partial charge < -0.3 is 34.6 Å². The molecule has 0 spiro atoms. The molecule has 1 amide bonds. The number of hydrogen-bond acceptors (Lipinski definition) is 10. The van der Waals surface area contributed by atoms with Crippen LogP contribution >= 0.6 is 0 Å². The van der Waals surface area contributed by atoms with Gasteiger partial charge in [-0.05, 0) is 49.6 Å². The Labute approximate surface area is 261 Å². The minimum Gasteiger partial charge on any atom is -0.495 e. The summed E-state index contributed by atoms with van der Waals surface area (Å²) in [4.78, 5) is 29.2. The van der Waals surface area contributed by atoms with Crippen molar-refractivity contribution in [3.8, 4) is 17.2 Å². The van der Waals surface area contributed by atoms with E-state index in [1.54, 1.807) is 36.4 Å². The number of rotatable bonds is 9. The lowest BCUT2D eigenvalue weighted by molar-refractivity contribution is -0.126. The zero-order valence-electron chi connectivity index (χ0n) is 25.2. The first-order valence-electron chi connectivity index (χ1n) is 15.0. The minimum atomic E-state index is -0.495. The van der Waals surface area contributed by atoms with E-state index in [2.05, 4.69) is 37.1 Å². The predicted octanol–water partition coefficient (Wildman–Crippen LogP) is 5.52. The highest BCUT2D eigenvalue weighted by Crippen LogP contribution is 2.35. The van der Waals surface area contributed by atoms with Gasteiger partial charge in [-0.2, -0.15) is 0 Å². The summed E-state index contributed by atoms with van der Waals surface area (Å²) in [5.41, 5.74) is 1.66. The molecule has 0 aliphatic carbocycles. The molecule has 2 fully saturated rings. The van der Waals surface area contributed by atoms with Crippen molar-refractivity contribution in [3.05, 3.63) is 73.5 Å². The molecular weight excluding hydrogens is 577 g/mol. The Morgan fingerprint density at radius 2 is 1.87 bits per heavy atom. The summed E-state index contributed by atoms with van der Waals surface area (Å²) in [6, 6.07) is 12.1. The Hall–Kier alpha value is -4.97. The fourth-order valence-electron chi connectivity index (χ4n) is 5.59. The van der Waals surface area contributed by atoms with Crippen LogP contribution in [0.2, 0.25) is 0 Å². The average molecular weight is 614 g/mol. The fourth-order valence-corrected chi connectivity index (χ4v) is 5.59. The highest BCUT2D eigenvalue weighted by atomic mass is 19.1. The largest absolute Gasteiger partial charge is 0.495 e. The van der Waals surface area contributed by atoms with Crippen molar-refractivity contribution in [1.82, 2.24) is 19.9 Å². The van der Waals surface area contributed by atoms with Gasteiger partial charge in [0.15, 0.2) is 0 Å². The first kappa shape index (κ1) is 30.1. The summed E-state index contributed by atoms with van der Waals surface area (Å²) in [6.45, 7) is 7.86. The number of amides is 1. The molecule has 234 valence electrons. The second-order valence-corrected chi connectivity index (χ2v) is 10.9. The minimum absolute atomic E-state index is 0.0537. The fraction of sp³-hybridized carbons (Fsp3) is 0.333. The standard InChI is InChI=1S/C33H36FN7O4/c1-3-32(42)41-12-8-22(9-13-41)38-29-19-25-28(20-30(29)43-2)36-21-37-33(25)39-27-6-5-23(17-26(27)34)45-24-7-10-35-31(18-24)40-11-4-15-44-16-14-40/h3,5-7,10,17-22,38H,1,4,8-9,11-16H2,2H3,(H,36,37,39). The third-order valence-electron chi connectivity index (χ3n) is 7.99. The molecule has 2 saturated heterocycles. The molecule has 6 rings (SSSR count). The molecule has 0 radical (unpaired) electrons. The Kier molecular flexibility index (Phi) is 9.20. The van der Waals surface area contributed by atoms with E-state index in [0.29, 0.717) is 53.7 Å². The van der Waals surface area contributed by atoms with Gasteiger partial charge in [-0.1, -0.05) is 6.58 Å². The molecule has 0 atom stereocenters. The molecule has 2 aliphatic rings. The molecule has 12 heteroatoms. The molecule has 0 saturated carbocycles. The van der Waals surface area contributed by atoms with Crippen LogP contribution in [-0.2, 0) is 9.53 Å². The average Bonchev–Trinajstić information content (AvgIpc) is 3.36. The van der Waals surface area contributed by atoms with Gasteiger partial charge in [0.2, 0.25) is 5.91 Å². The lowest BCUT2D eigenvalue weighted by Gasteiger charge is -2.32. The van der Waals surface area contributed by atoms with Crippen molar-refractivity contribution >= 4 is 39.8 Å². The summed E-state index contributed by atoms with van der Waals surface area (Å²) in [6.07, 6.45) is 6.96. The van der Waals surface area contributed by atoms with Crippen LogP contribution in [-0.4, -0.2) is 78.3 Å². The molecule has 0 bridgehead atoms. The van der Waals surface area contributed by atoms with Crippen LogP contribution in [0, 0.1) is 5.82 Å². The third-order valence-corrected chi connectivity index (χ3v) is 7.99. The Morgan fingerprint density at radius 3 is 2.67 bits per heavy atom. The molecule has 45 heavy (non-hydrogen) atoms. The van der Waals surface area contributed by atoms with Gasteiger partial charge in [0, 0.05) is 68.6 Å². The summed E-state index contributed by atoms with van der Waals surface area (Å²) in [5.74, 6) is 2.26. The number of carbonyl (C=O) groups excluding carboxylic acids is 1. The molecule has 11 nitrogen and oxygen atoms in total. The van der Waals surface area contributed by atoms with Crippen LogP contribution in [0.3, 0.4) is 0 Å². The van der Waals surface area contributed by atoms with Crippen LogP contribution in [0.4, 0.5) is 27.4 Å². The first-order valence-corrected chi connectivity index (χ1v) is 15.0. The summed E-state index contributed by atoms with van der Waals surface area (Å²) in [5, 5.41) is 7.38. The molecule has 2 aliphatic heterocycles. The van der Waals surface area contributed by atoms with Gasteiger partial charge in [0.1, 0.15) is 41.0 Å². The van der Waals surface area contributed by atoms with Crippen molar-refractivity contribution in [3.63, 3.8) is 0 Å². The molecule has 2 aromatic carbocycles. The Morgan fingerprint density at radius 1 is 1.02 bits per heavy atom.